The maximum absolute atomic E-state index is 9.28. The van der Waals surface area contributed by atoms with Gasteiger partial charge < -0.3 is 5.11 Å². The average Bonchev–Trinajstić information content (AvgIpc) is 2.75. The van der Waals surface area contributed by atoms with Crippen LogP contribution >= 0.6 is 0 Å². The Morgan fingerprint density at radius 2 is 2.12 bits per heavy atom. The van der Waals surface area contributed by atoms with Crippen molar-refractivity contribution in [1.82, 2.24) is 14.7 Å². The zero-order valence-electron chi connectivity index (χ0n) is 11.3. The van der Waals surface area contributed by atoms with E-state index in [2.05, 4.69) is 43.9 Å². The molecule has 2 rings (SSSR count). The Labute approximate surface area is 103 Å². The second kappa shape index (κ2) is 4.42. The Morgan fingerprint density at radius 3 is 2.59 bits per heavy atom. The quantitative estimate of drug-likeness (QED) is 0.873. The minimum Gasteiger partial charge on any atom is -0.394 e. The standard InChI is InChI=1S/C13H23N3O/c1-5-11(9-17)16-7-10-6-15(13(2,3)4)8-12(10)14-16/h7,11,17H,5-6,8-9H2,1-4H3. The van der Waals surface area contributed by atoms with Gasteiger partial charge in [0.2, 0.25) is 0 Å². The Kier molecular flexibility index (Phi) is 3.27. The molecular weight excluding hydrogens is 214 g/mol. The summed E-state index contributed by atoms with van der Waals surface area (Å²) in [6.07, 6.45) is 3.02. The van der Waals surface area contributed by atoms with Gasteiger partial charge >= 0.3 is 0 Å². The van der Waals surface area contributed by atoms with Crippen LogP contribution in [0.4, 0.5) is 0 Å². The fourth-order valence-corrected chi connectivity index (χ4v) is 2.24. The minimum atomic E-state index is 0.128. The number of nitrogens with zero attached hydrogens (tertiary/aromatic N) is 3. The molecule has 4 nitrogen and oxygen atoms in total. The molecule has 0 aromatic carbocycles. The fraction of sp³-hybridized carbons (Fsp3) is 0.769. The lowest BCUT2D eigenvalue weighted by Crippen LogP contribution is -2.37. The lowest BCUT2D eigenvalue weighted by atomic mass is 10.1. The summed E-state index contributed by atoms with van der Waals surface area (Å²) in [5.74, 6) is 0. The molecule has 0 spiro atoms. The highest BCUT2D eigenvalue weighted by Crippen LogP contribution is 2.29. The Bertz CT molecular complexity index is 364. The lowest BCUT2D eigenvalue weighted by Gasteiger charge is -2.31. The summed E-state index contributed by atoms with van der Waals surface area (Å²) in [7, 11) is 0. The molecule has 0 aliphatic carbocycles. The molecule has 0 saturated carbocycles. The molecule has 0 amide bonds. The van der Waals surface area contributed by atoms with Crippen molar-refractivity contribution in [3.8, 4) is 0 Å². The van der Waals surface area contributed by atoms with Crippen molar-refractivity contribution >= 4 is 0 Å². The first-order chi connectivity index (χ1) is 7.95. The van der Waals surface area contributed by atoms with E-state index in [4.69, 9.17) is 0 Å². The van der Waals surface area contributed by atoms with E-state index < -0.39 is 0 Å². The normalized spacial score (nSPS) is 18.4. The van der Waals surface area contributed by atoms with E-state index in [9.17, 15) is 5.11 Å². The zero-order chi connectivity index (χ0) is 12.6. The van der Waals surface area contributed by atoms with E-state index in [-0.39, 0.29) is 18.2 Å². The Hall–Kier alpha value is -0.870. The molecule has 1 atom stereocenters. The van der Waals surface area contributed by atoms with E-state index in [0.29, 0.717) is 0 Å². The molecule has 1 aromatic heterocycles. The zero-order valence-corrected chi connectivity index (χ0v) is 11.3. The molecule has 1 N–H and O–H groups in total. The van der Waals surface area contributed by atoms with Crippen molar-refractivity contribution in [1.29, 1.82) is 0 Å². The first-order valence-corrected chi connectivity index (χ1v) is 6.38. The molecular formula is C13H23N3O. The predicted molar refractivity (Wildman–Crippen MR) is 67.6 cm³/mol. The minimum absolute atomic E-state index is 0.128. The predicted octanol–water partition coefficient (Wildman–Crippen LogP) is 1.94. The lowest BCUT2D eigenvalue weighted by molar-refractivity contribution is 0.132. The van der Waals surface area contributed by atoms with Crippen LogP contribution < -0.4 is 0 Å². The molecule has 2 heterocycles. The number of aliphatic hydroxyl groups excluding tert-OH is 1. The molecule has 96 valence electrons. The van der Waals surface area contributed by atoms with E-state index >= 15 is 0 Å². The number of rotatable bonds is 3. The molecule has 0 radical (unpaired) electrons. The van der Waals surface area contributed by atoms with E-state index in [0.717, 1.165) is 19.5 Å². The molecule has 17 heavy (non-hydrogen) atoms. The van der Waals surface area contributed by atoms with Gasteiger partial charge in [-0.05, 0) is 27.2 Å². The molecule has 0 fully saturated rings. The largest absolute Gasteiger partial charge is 0.394 e. The number of fused-ring (bicyclic) bond motifs is 1. The molecule has 1 aromatic rings. The topological polar surface area (TPSA) is 41.3 Å². The molecule has 0 bridgehead atoms. The third-order valence-corrected chi connectivity index (χ3v) is 3.60. The highest BCUT2D eigenvalue weighted by molar-refractivity contribution is 5.22. The fourth-order valence-electron chi connectivity index (χ4n) is 2.24. The van der Waals surface area contributed by atoms with Crippen molar-refractivity contribution in [3.05, 3.63) is 17.5 Å². The van der Waals surface area contributed by atoms with Gasteiger partial charge in [0.25, 0.3) is 0 Å². The first kappa shape index (κ1) is 12.6. The van der Waals surface area contributed by atoms with Crippen LogP contribution in [0.1, 0.15) is 51.4 Å². The summed E-state index contributed by atoms with van der Waals surface area (Å²) >= 11 is 0. The molecule has 1 unspecified atom stereocenters. The van der Waals surface area contributed by atoms with Crippen LogP contribution in [-0.4, -0.2) is 31.9 Å². The second-order valence-corrected chi connectivity index (χ2v) is 5.85. The summed E-state index contributed by atoms with van der Waals surface area (Å²) in [5, 5.41) is 13.9. The molecule has 1 aliphatic rings. The monoisotopic (exact) mass is 237 g/mol. The second-order valence-electron chi connectivity index (χ2n) is 5.85. The van der Waals surface area contributed by atoms with Gasteiger partial charge in [-0.15, -0.1) is 0 Å². The van der Waals surface area contributed by atoms with Crippen LogP contribution in [0.2, 0.25) is 0 Å². The highest BCUT2D eigenvalue weighted by Gasteiger charge is 2.30. The summed E-state index contributed by atoms with van der Waals surface area (Å²) in [4.78, 5) is 2.43. The van der Waals surface area contributed by atoms with Crippen molar-refractivity contribution in [2.24, 2.45) is 0 Å². The summed E-state index contributed by atoms with van der Waals surface area (Å²) < 4.78 is 1.94. The van der Waals surface area contributed by atoms with E-state index in [1.54, 1.807) is 0 Å². The SMILES string of the molecule is CCC(CO)n1cc2c(n1)CN(C(C)(C)C)C2. The van der Waals surface area contributed by atoms with Gasteiger partial charge in [-0.25, -0.2) is 0 Å². The van der Waals surface area contributed by atoms with Crippen LogP contribution in [-0.2, 0) is 13.1 Å². The smallest absolute Gasteiger partial charge is 0.0810 e. The van der Waals surface area contributed by atoms with Crippen molar-refractivity contribution in [2.75, 3.05) is 6.61 Å². The van der Waals surface area contributed by atoms with Crippen molar-refractivity contribution in [2.45, 2.75) is 58.8 Å². The Balaban J connectivity index is 2.14. The van der Waals surface area contributed by atoms with E-state index in [1.807, 2.05) is 4.68 Å². The van der Waals surface area contributed by atoms with Gasteiger partial charge in [-0.2, -0.15) is 5.10 Å². The third-order valence-electron chi connectivity index (χ3n) is 3.60. The summed E-state index contributed by atoms with van der Waals surface area (Å²) in [5.41, 5.74) is 2.68. The Morgan fingerprint density at radius 1 is 1.41 bits per heavy atom. The van der Waals surface area contributed by atoms with E-state index in [1.165, 1.54) is 11.3 Å². The summed E-state index contributed by atoms with van der Waals surface area (Å²) in [6.45, 7) is 10.8. The van der Waals surface area contributed by atoms with Crippen LogP contribution in [0.3, 0.4) is 0 Å². The molecule has 4 heteroatoms. The highest BCUT2D eigenvalue weighted by atomic mass is 16.3. The van der Waals surface area contributed by atoms with Gasteiger partial charge in [0, 0.05) is 30.4 Å². The first-order valence-electron chi connectivity index (χ1n) is 6.38. The third kappa shape index (κ3) is 2.38. The van der Waals surface area contributed by atoms with Gasteiger partial charge in [-0.1, -0.05) is 6.92 Å². The van der Waals surface area contributed by atoms with Crippen LogP contribution in [0.5, 0.6) is 0 Å². The number of aliphatic hydroxyl groups is 1. The van der Waals surface area contributed by atoms with Crippen LogP contribution in [0.25, 0.3) is 0 Å². The van der Waals surface area contributed by atoms with Gasteiger partial charge in [0.05, 0.1) is 18.3 Å². The maximum Gasteiger partial charge on any atom is 0.0810 e. The maximum atomic E-state index is 9.28. The number of aromatic nitrogens is 2. The van der Waals surface area contributed by atoms with Crippen LogP contribution in [0, 0.1) is 0 Å². The molecule has 1 aliphatic heterocycles. The van der Waals surface area contributed by atoms with Crippen molar-refractivity contribution in [3.63, 3.8) is 0 Å². The van der Waals surface area contributed by atoms with Crippen molar-refractivity contribution < 1.29 is 5.11 Å². The van der Waals surface area contributed by atoms with Gasteiger partial charge in [0.1, 0.15) is 0 Å². The van der Waals surface area contributed by atoms with Crippen LogP contribution in [0.15, 0.2) is 6.20 Å². The summed E-state index contributed by atoms with van der Waals surface area (Å²) in [6, 6.07) is 0.128. The number of hydrogen-bond acceptors (Lipinski definition) is 3. The molecule has 0 saturated heterocycles. The number of hydrogen-bond donors (Lipinski definition) is 1. The average molecular weight is 237 g/mol. The van der Waals surface area contributed by atoms with Gasteiger partial charge in [-0.3, -0.25) is 9.58 Å². The van der Waals surface area contributed by atoms with Gasteiger partial charge in [0.15, 0.2) is 0 Å².